The molecule has 5 nitrogen and oxygen atoms in total. The third kappa shape index (κ3) is 2.56. The van der Waals surface area contributed by atoms with Crippen LogP contribution in [0.15, 0.2) is 54.9 Å². The van der Waals surface area contributed by atoms with E-state index >= 15 is 0 Å². The number of aromatic nitrogens is 2. The van der Waals surface area contributed by atoms with Crippen LogP contribution in [0.4, 0.5) is 0 Å². The summed E-state index contributed by atoms with van der Waals surface area (Å²) in [5.74, 6) is 0.357. The number of fused-ring (bicyclic) bond motifs is 3. The van der Waals surface area contributed by atoms with Gasteiger partial charge in [0.25, 0.3) is 0 Å². The van der Waals surface area contributed by atoms with Crippen molar-refractivity contribution in [1.82, 2.24) is 9.55 Å². The molecule has 2 aromatic heterocycles. The quantitative estimate of drug-likeness (QED) is 0.671. The second-order valence-electron chi connectivity index (χ2n) is 6.84. The van der Waals surface area contributed by atoms with Crippen LogP contribution in [0, 0.1) is 0 Å². The first kappa shape index (κ1) is 16.4. The summed E-state index contributed by atoms with van der Waals surface area (Å²) in [4.78, 5) is 16.7. The lowest BCUT2D eigenvalue weighted by atomic mass is 9.92. The predicted octanol–water partition coefficient (Wildman–Crippen LogP) is 4.01. The van der Waals surface area contributed by atoms with Crippen LogP contribution < -0.4 is 4.74 Å². The maximum atomic E-state index is 12.5. The molecule has 0 bridgehead atoms. The third-order valence-electron chi connectivity index (χ3n) is 4.73. The minimum atomic E-state index is -0.573. The minimum Gasteiger partial charge on any atom is -0.481 e. The Morgan fingerprint density at radius 3 is 2.73 bits per heavy atom. The van der Waals surface area contributed by atoms with Crippen LogP contribution in [0.25, 0.3) is 11.3 Å². The molecule has 5 heteroatoms. The van der Waals surface area contributed by atoms with Gasteiger partial charge in [-0.25, -0.2) is 4.79 Å². The van der Waals surface area contributed by atoms with Gasteiger partial charge < -0.3 is 14.0 Å². The molecule has 0 unspecified atom stereocenters. The number of nitrogens with zero attached hydrogens (tertiary/aromatic N) is 2. The van der Waals surface area contributed by atoms with Crippen molar-refractivity contribution in [3.05, 3.63) is 71.7 Å². The van der Waals surface area contributed by atoms with E-state index < -0.39 is 5.60 Å². The number of esters is 1. The lowest BCUT2D eigenvalue weighted by Crippen LogP contribution is -2.29. The van der Waals surface area contributed by atoms with Crippen LogP contribution in [0.1, 0.15) is 35.5 Å². The van der Waals surface area contributed by atoms with Gasteiger partial charge in [0.1, 0.15) is 17.0 Å². The Labute approximate surface area is 152 Å². The second kappa shape index (κ2) is 6.02. The molecule has 0 amide bonds. The maximum Gasteiger partial charge on any atom is 0.354 e. The molecule has 0 fully saturated rings. The summed E-state index contributed by atoms with van der Waals surface area (Å²) in [5.41, 5.74) is 3.92. The van der Waals surface area contributed by atoms with Gasteiger partial charge >= 0.3 is 5.97 Å². The highest BCUT2D eigenvalue weighted by Crippen LogP contribution is 2.46. The normalized spacial score (nSPS) is 14.1. The van der Waals surface area contributed by atoms with Crippen LogP contribution in [-0.2, 0) is 16.9 Å². The monoisotopic (exact) mass is 348 g/mol. The molecule has 0 saturated heterocycles. The lowest BCUT2D eigenvalue weighted by molar-refractivity contribution is 0.0589. The smallest absolute Gasteiger partial charge is 0.354 e. The standard InChI is InChI=1S/C21H20N2O3/c1-21(2)16-11-17(20(24)25-3)23(13-14-7-5-4-6-8-14)19(16)15-9-10-22-12-18(15)26-21/h4-12H,13H2,1-3H3. The summed E-state index contributed by atoms with van der Waals surface area (Å²) in [5, 5.41) is 0. The minimum absolute atomic E-state index is 0.360. The molecule has 3 aromatic rings. The van der Waals surface area contributed by atoms with Crippen LogP contribution >= 0.6 is 0 Å². The largest absolute Gasteiger partial charge is 0.481 e. The van der Waals surface area contributed by atoms with Gasteiger partial charge in [0, 0.05) is 23.9 Å². The van der Waals surface area contributed by atoms with Crippen molar-refractivity contribution < 1.29 is 14.3 Å². The van der Waals surface area contributed by atoms with E-state index in [1.54, 1.807) is 12.4 Å². The Kier molecular flexibility index (Phi) is 3.80. The number of carbonyl (C=O) groups is 1. The zero-order valence-corrected chi connectivity index (χ0v) is 15.0. The van der Waals surface area contributed by atoms with E-state index in [-0.39, 0.29) is 5.97 Å². The van der Waals surface area contributed by atoms with Crippen molar-refractivity contribution in [2.45, 2.75) is 26.0 Å². The summed E-state index contributed by atoms with van der Waals surface area (Å²) in [7, 11) is 1.40. The van der Waals surface area contributed by atoms with Crippen LogP contribution in [-0.4, -0.2) is 22.6 Å². The highest BCUT2D eigenvalue weighted by molar-refractivity contribution is 5.91. The number of hydrogen-bond acceptors (Lipinski definition) is 4. The molecule has 26 heavy (non-hydrogen) atoms. The summed E-state index contributed by atoms with van der Waals surface area (Å²) in [6.07, 6.45) is 3.46. The number of benzene rings is 1. The maximum absolute atomic E-state index is 12.5. The molecular weight excluding hydrogens is 328 g/mol. The van der Waals surface area contributed by atoms with Crippen molar-refractivity contribution in [3.8, 4) is 17.0 Å². The highest BCUT2D eigenvalue weighted by Gasteiger charge is 2.37. The van der Waals surface area contributed by atoms with Gasteiger partial charge in [0.15, 0.2) is 0 Å². The van der Waals surface area contributed by atoms with Crippen molar-refractivity contribution in [2.75, 3.05) is 7.11 Å². The Balaban J connectivity index is 1.98. The van der Waals surface area contributed by atoms with Crippen molar-refractivity contribution in [1.29, 1.82) is 0 Å². The summed E-state index contributed by atoms with van der Waals surface area (Å²) < 4.78 is 13.2. The van der Waals surface area contributed by atoms with Gasteiger partial charge in [0.05, 0.1) is 19.0 Å². The van der Waals surface area contributed by atoms with E-state index in [9.17, 15) is 4.79 Å². The average molecular weight is 348 g/mol. The van der Waals surface area contributed by atoms with Crippen LogP contribution in [0.3, 0.4) is 0 Å². The van der Waals surface area contributed by atoms with Gasteiger partial charge in [-0.2, -0.15) is 0 Å². The van der Waals surface area contributed by atoms with E-state index in [0.29, 0.717) is 18.0 Å². The van der Waals surface area contributed by atoms with E-state index in [4.69, 9.17) is 9.47 Å². The number of pyridine rings is 1. The second-order valence-corrected chi connectivity index (χ2v) is 6.84. The van der Waals surface area contributed by atoms with Gasteiger partial charge in [-0.05, 0) is 31.5 Å². The molecule has 132 valence electrons. The molecule has 0 atom stereocenters. The van der Waals surface area contributed by atoms with E-state index in [1.807, 2.05) is 60.9 Å². The fourth-order valence-corrected chi connectivity index (χ4v) is 3.49. The molecule has 0 N–H and O–H groups in total. The molecule has 0 spiro atoms. The molecular formula is C21H20N2O3. The number of carbonyl (C=O) groups excluding carboxylic acids is 1. The fraction of sp³-hybridized carbons (Fsp3) is 0.238. The van der Waals surface area contributed by atoms with Gasteiger partial charge in [-0.3, -0.25) is 4.98 Å². The van der Waals surface area contributed by atoms with E-state index in [0.717, 1.165) is 22.4 Å². The molecule has 0 radical (unpaired) electrons. The van der Waals surface area contributed by atoms with Crippen LogP contribution in [0.5, 0.6) is 5.75 Å². The van der Waals surface area contributed by atoms with Crippen LogP contribution in [0.2, 0.25) is 0 Å². The van der Waals surface area contributed by atoms with Gasteiger partial charge in [-0.15, -0.1) is 0 Å². The number of hydrogen-bond donors (Lipinski definition) is 0. The summed E-state index contributed by atoms with van der Waals surface area (Å²) in [6, 6.07) is 13.9. The first-order valence-corrected chi connectivity index (χ1v) is 8.51. The molecule has 1 aliphatic rings. The van der Waals surface area contributed by atoms with Crippen molar-refractivity contribution >= 4 is 5.97 Å². The first-order chi connectivity index (χ1) is 12.5. The zero-order chi connectivity index (χ0) is 18.3. The summed E-state index contributed by atoms with van der Waals surface area (Å²) >= 11 is 0. The average Bonchev–Trinajstić information content (AvgIpc) is 3.02. The van der Waals surface area contributed by atoms with Gasteiger partial charge in [-0.1, -0.05) is 30.3 Å². The molecule has 1 aliphatic heterocycles. The zero-order valence-electron chi connectivity index (χ0n) is 15.0. The Bertz CT molecular complexity index is 974. The topological polar surface area (TPSA) is 53.4 Å². The molecule has 0 aliphatic carbocycles. The SMILES string of the molecule is COC(=O)c1cc2c(n1Cc1ccccc1)-c1ccncc1OC2(C)C. The predicted molar refractivity (Wildman–Crippen MR) is 98.2 cm³/mol. The first-order valence-electron chi connectivity index (χ1n) is 8.51. The number of methoxy groups -OCH3 is 1. The highest BCUT2D eigenvalue weighted by atomic mass is 16.5. The van der Waals surface area contributed by atoms with E-state index in [1.165, 1.54) is 7.11 Å². The lowest BCUT2D eigenvalue weighted by Gasteiger charge is -2.33. The Morgan fingerprint density at radius 2 is 2.00 bits per heavy atom. The molecule has 4 rings (SSSR count). The molecule has 3 heterocycles. The van der Waals surface area contributed by atoms with Crippen molar-refractivity contribution in [3.63, 3.8) is 0 Å². The third-order valence-corrected chi connectivity index (χ3v) is 4.73. The van der Waals surface area contributed by atoms with Gasteiger partial charge in [0.2, 0.25) is 0 Å². The Hall–Kier alpha value is -3.08. The fourth-order valence-electron chi connectivity index (χ4n) is 3.49. The Morgan fingerprint density at radius 1 is 1.23 bits per heavy atom. The van der Waals surface area contributed by atoms with Crippen molar-refractivity contribution in [2.24, 2.45) is 0 Å². The summed E-state index contributed by atoms with van der Waals surface area (Å²) in [6.45, 7) is 4.56. The molecule has 1 aromatic carbocycles. The number of rotatable bonds is 3. The molecule has 0 saturated carbocycles. The van der Waals surface area contributed by atoms with E-state index in [2.05, 4.69) is 4.98 Å². The number of ether oxygens (including phenoxy) is 2.